The van der Waals surface area contributed by atoms with E-state index in [0.29, 0.717) is 0 Å². The van der Waals surface area contributed by atoms with Crippen molar-refractivity contribution in [2.45, 2.75) is 0 Å². The number of hydrogen-bond donors (Lipinski definition) is 0. The van der Waals surface area contributed by atoms with E-state index in [1.165, 1.54) is 0 Å². The average molecular weight is 428 g/mol. The minimum absolute atomic E-state index is 0. The van der Waals surface area contributed by atoms with E-state index in [1.54, 1.807) is 0 Å². The first-order valence-corrected chi connectivity index (χ1v) is 8.33. The second kappa shape index (κ2) is 20.4. The molecule has 5 aromatic carbocycles. The third kappa shape index (κ3) is 17.7. The molecule has 26 heavy (non-hydrogen) atoms. The van der Waals surface area contributed by atoms with Crippen LogP contribution in [-0.4, -0.2) is 0 Å². The van der Waals surface area contributed by atoms with Crippen molar-refractivity contribution in [1.82, 2.24) is 0 Å². The molecule has 0 unspecified atom stereocenters. The molecule has 0 aliphatic carbocycles. The fourth-order valence-corrected chi connectivity index (χ4v) is 1.60. The van der Waals surface area contributed by atoms with Gasteiger partial charge in [-0.05, 0) is 0 Å². The number of rotatable bonds is 0. The summed E-state index contributed by atoms with van der Waals surface area (Å²) in [6.07, 6.45) is 0. The van der Waals surface area contributed by atoms with Crippen molar-refractivity contribution < 1.29 is 19.5 Å². The van der Waals surface area contributed by atoms with Crippen LogP contribution < -0.4 is 0 Å². The minimum atomic E-state index is 0. The van der Waals surface area contributed by atoms with Gasteiger partial charge >= 0.3 is 0 Å². The summed E-state index contributed by atoms with van der Waals surface area (Å²) < 4.78 is 0. The topological polar surface area (TPSA) is 0 Å². The molecule has 0 nitrogen and oxygen atoms in total. The van der Waals surface area contributed by atoms with Gasteiger partial charge in [0.2, 0.25) is 0 Å². The molecular weight excluding hydrogens is 403 g/mol. The number of hydrogen-bond acceptors (Lipinski definition) is 0. The summed E-state index contributed by atoms with van der Waals surface area (Å²) >= 11 is 0. The third-order valence-corrected chi connectivity index (χ3v) is 2.78. The van der Waals surface area contributed by atoms with Crippen LogP contribution >= 0.6 is 0 Å². The van der Waals surface area contributed by atoms with Crippen molar-refractivity contribution in [3.8, 4) is 0 Å². The molecule has 1 heteroatoms. The first kappa shape index (κ1) is 23.4. The average Bonchev–Trinajstić information content (AvgIpc) is 3.55. The Labute approximate surface area is 171 Å². The van der Waals surface area contributed by atoms with Gasteiger partial charge in [-0.15, -0.1) is 0 Å². The first-order valence-electron chi connectivity index (χ1n) is 8.33. The van der Waals surface area contributed by atoms with Gasteiger partial charge in [-0.1, -0.05) is 0 Å². The summed E-state index contributed by atoms with van der Waals surface area (Å²) in [5.41, 5.74) is 0. The van der Waals surface area contributed by atoms with Crippen LogP contribution in [0.3, 0.4) is 0 Å². The monoisotopic (exact) mass is 428 g/mol. The SMILES string of the molecule is [Rh].c1cc[cH-]c1.c1cc[cH-]c1.c1cc[cH-]c1.c1cc[cH-]c1.c1cc[cH-]c1. The van der Waals surface area contributed by atoms with Crippen LogP contribution in [0.1, 0.15) is 0 Å². The molecule has 0 fully saturated rings. The molecule has 0 amide bonds. The van der Waals surface area contributed by atoms with E-state index in [-0.39, 0.29) is 19.5 Å². The van der Waals surface area contributed by atoms with Crippen LogP contribution in [0.15, 0.2) is 152 Å². The molecule has 0 bridgehead atoms. The van der Waals surface area contributed by atoms with Crippen LogP contribution in [0.5, 0.6) is 0 Å². The van der Waals surface area contributed by atoms with E-state index in [0.717, 1.165) is 0 Å². The maximum absolute atomic E-state index is 2.00. The van der Waals surface area contributed by atoms with E-state index in [2.05, 4.69) is 0 Å². The van der Waals surface area contributed by atoms with Gasteiger partial charge in [-0.3, -0.25) is 0 Å². The Morgan fingerprint density at radius 2 is 0.346 bits per heavy atom. The predicted molar refractivity (Wildman–Crippen MR) is 110 cm³/mol. The molecule has 0 saturated carbocycles. The molecule has 5 rings (SSSR count). The standard InChI is InChI=1S/5C5H5.Rh/c5*1-2-4-5-3-1;/h5*1-5H;/q5*-1;. The Morgan fingerprint density at radius 1 is 0.231 bits per heavy atom. The van der Waals surface area contributed by atoms with Gasteiger partial charge in [0.1, 0.15) is 0 Å². The van der Waals surface area contributed by atoms with Crippen molar-refractivity contribution >= 4 is 0 Å². The zero-order chi connectivity index (χ0) is 17.7. The quantitative estimate of drug-likeness (QED) is 0.184. The zero-order valence-electron chi connectivity index (χ0n) is 14.8. The molecule has 0 saturated heterocycles. The molecule has 139 valence electrons. The van der Waals surface area contributed by atoms with Crippen molar-refractivity contribution in [2.75, 3.05) is 0 Å². The van der Waals surface area contributed by atoms with Crippen molar-refractivity contribution in [3.63, 3.8) is 0 Å². The Morgan fingerprint density at radius 3 is 0.385 bits per heavy atom. The molecule has 0 N–H and O–H groups in total. The second-order valence-electron chi connectivity index (χ2n) is 4.81. The van der Waals surface area contributed by atoms with Gasteiger partial charge in [0.05, 0.1) is 0 Å². The third-order valence-electron chi connectivity index (χ3n) is 2.78. The molecular formula is C25H25Rh-5. The fourth-order valence-electron chi connectivity index (χ4n) is 1.60. The molecule has 0 aliphatic heterocycles. The summed E-state index contributed by atoms with van der Waals surface area (Å²) in [6.45, 7) is 0. The maximum Gasteiger partial charge on any atom is 0 e. The van der Waals surface area contributed by atoms with Crippen molar-refractivity contribution in [1.29, 1.82) is 0 Å². The van der Waals surface area contributed by atoms with E-state index in [1.807, 2.05) is 152 Å². The Bertz CT molecular complexity index is 441. The molecule has 0 aromatic heterocycles. The fraction of sp³-hybridized carbons (Fsp3) is 0. The molecule has 0 heterocycles. The van der Waals surface area contributed by atoms with Crippen LogP contribution in [0.25, 0.3) is 0 Å². The van der Waals surface area contributed by atoms with Gasteiger partial charge in [-0.25, -0.2) is 60.7 Å². The summed E-state index contributed by atoms with van der Waals surface area (Å²) in [5, 5.41) is 0. The molecule has 1 radical (unpaired) electrons. The van der Waals surface area contributed by atoms with E-state index in [4.69, 9.17) is 0 Å². The maximum atomic E-state index is 2.00. The molecule has 0 aliphatic rings. The van der Waals surface area contributed by atoms with Crippen LogP contribution in [0, 0.1) is 0 Å². The predicted octanol–water partition coefficient (Wildman–Crippen LogP) is 7.03. The molecule has 0 spiro atoms. The second-order valence-corrected chi connectivity index (χ2v) is 4.81. The minimum Gasteiger partial charge on any atom is -0.214 e. The Kier molecular flexibility index (Phi) is 18.4. The normalized spacial score (nSPS) is 7.69. The van der Waals surface area contributed by atoms with Gasteiger partial charge in [0.25, 0.3) is 0 Å². The smallest absolute Gasteiger partial charge is 0 e. The van der Waals surface area contributed by atoms with Gasteiger partial charge < -0.3 is 0 Å². The van der Waals surface area contributed by atoms with Crippen LogP contribution in [0.4, 0.5) is 0 Å². The summed E-state index contributed by atoms with van der Waals surface area (Å²) in [7, 11) is 0. The first-order chi connectivity index (χ1) is 12.5. The van der Waals surface area contributed by atoms with Gasteiger partial charge in [-0.2, -0.15) is 91.0 Å². The van der Waals surface area contributed by atoms with Gasteiger partial charge in [0.15, 0.2) is 0 Å². The van der Waals surface area contributed by atoms with E-state index in [9.17, 15) is 0 Å². The van der Waals surface area contributed by atoms with Crippen molar-refractivity contribution in [2.24, 2.45) is 0 Å². The summed E-state index contributed by atoms with van der Waals surface area (Å²) in [6, 6.07) is 50.0. The molecule has 5 aromatic rings. The largest absolute Gasteiger partial charge is 0.214 e. The van der Waals surface area contributed by atoms with Gasteiger partial charge in [0, 0.05) is 19.5 Å². The zero-order valence-corrected chi connectivity index (χ0v) is 16.4. The van der Waals surface area contributed by atoms with Crippen LogP contribution in [-0.2, 0) is 19.5 Å². The molecule has 0 atom stereocenters. The van der Waals surface area contributed by atoms with E-state index >= 15 is 0 Å². The van der Waals surface area contributed by atoms with Crippen molar-refractivity contribution in [3.05, 3.63) is 152 Å². The summed E-state index contributed by atoms with van der Waals surface area (Å²) in [5.74, 6) is 0. The Balaban J connectivity index is 0.000000298. The van der Waals surface area contributed by atoms with Crippen LogP contribution in [0.2, 0.25) is 0 Å². The van der Waals surface area contributed by atoms with E-state index < -0.39 is 0 Å². The Hall–Kier alpha value is -2.63. The summed E-state index contributed by atoms with van der Waals surface area (Å²) in [4.78, 5) is 0.